The molecular weight excluding hydrogens is 238 g/mol. The van der Waals surface area contributed by atoms with Crippen molar-refractivity contribution in [3.05, 3.63) is 0 Å². The van der Waals surface area contributed by atoms with Crippen LogP contribution in [0.25, 0.3) is 0 Å². The maximum Gasteiger partial charge on any atom is 0.303 e. The number of carbonyl (C=O) groups is 1. The van der Waals surface area contributed by atoms with E-state index in [9.17, 15) is 4.79 Å². The van der Waals surface area contributed by atoms with Crippen molar-refractivity contribution in [2.45, 2.75) is 96.4 Å². The van der Waals surface area contributed by atoms with Crippen LogP contribution in [-0.4, -0.2) is 17.1 Å². The zero-order chi connectivity index (χ0) is 14.3. The van der Waals surface area contributed by atoms with Crippen molar-refractivity contribution in [3.63, 3.8) is 0 Å². The van der Waals surface area contributed by atoms with Gasteiger partial charge >= 0.3 is 5.97 Å². The molecule has 1 unspecified atom stereocenters. The standard InChI is InChI=1S/C16H33NO2/c1-2-3-4-5-6-7-8-9-12-15(17)13-10-11-14-16(18)19/h15H,2-14,17H2,1H3,(H,18,19). The molecule has 0 aliphatic carbocycles. The lowest BCUT2D eigenvalue weighted by atomic mass is 10.0. The summed E-state index contributed by atoms with van der Waals surface area (Å²) in [4.78, 5) is 10.4. The molecule has 0 aliphatic rings. The van der Waals surface area contributed by atoms with Crippen LogP contribution >= 0.6 is 0 Å². The molecule has 3 nitrogen and oxygen atoms in total. The van der Waals surface area contributed by atoms with Crippen molar-refractivity contribution in [2.75, 3.05) is 0 Å². The summed E-state index contributed by atoms with van der Waals surface area (Å²) in [5, 5.41) is 8.53. The van der Waals surface area contributed by atoms with E-state index in [1.165, 1.54) is 51.4 Å². The molecule has 0 saturated heterocycles. The van der Waals surface area contributed by atoms with Crippen molar-refractivity contribution >= 4 is 5.97 Å². The SMILES string of the molecule is CCCCCCCCCCC(N)CCCCC(=O)O. The lowest BCUT2D eigenvalue weighted by Gasteiger charge is -2.10. The van der Waals surface area contributed by atoms with Crippen molar-refractivity contribution < 1.29 is 9.90 Å². The Kier molecular flexibility index (Phi) is 13.4. The number of aliphatic carboxylic acids is 1. The molecule has 0 saturated carbocycles. The first kappa shape index (κ1) is 18.4. The third kappa shape index (κ3) is 15.4. The molecule has 0 aliphatic heterocycles. The second kappa shape index (κ2) is 13.9. The number of carboxylic acid groups (broad SMARTS) is 1. The van der Waals surface area contributed by atoms with E-state index in [1.807, 2.05) is 0 Å². The van der Waals surface area contributed by atoms with Gasteiger partial charge in [-0.05, 0) is 19.3 Å². The van der Waals surface area contributed by atoms with Crippen molar-refractivity contribution in [3.8, 4) is 0 Å². The Bertz CT molecular complexity index is 207. The monoisotopic (exact) mass is 271 g/mol. The van der Waals surface area contributed by atoms with E-state index in [4.69, 9.17) is 10.8 Å². The Labute approximate surface area is 119 Å². The molecule has 0 aromatic carbocycles. The van der Waals surface area contributed by atoms with Gasteiger partial charge in [0.1, 0.15) is 0 Å². The number of rotatable bonds is 14. The fourth-order valence-electron chi connectivity index (χ4n) is 2.37. The van der Waals surface area contributed by atoms with E-state index in [2.05, 4.69) is 6.92 Å². The Balaban J connectivity index is 3.15. The van der Waals surface area contributed by atoms with E-state index in [0.29, 0.717) is 0 Å². The van der Waals surface area contributed by atoms with Gasteiger partial charge in [0.05, 0.1) is 0 Å². The summed E-state index contributed by atoms with van der Waals surface area (Å²) in [6.45, 7) is 2.25. The molecule has 19 heavy (non-hydrogen) atoms. The number of unbranched alkanes of at least 4 members (excludes halogenated alkanes) is 8. The lowest BCUT2D eigenvalue weighted by molar-refractivity contribution is -0.137. The predicted octanol–water partition coefficient (Wildman–Crippen LogP) is 4.49. The van der Waals surface area contributed by atoms with Gasteiger partial charge in [0.15, 0.2) is 0 Å². The average Bonchev–Trinajstić information content (AvgIpc) is 2.37. The van der Waals surface area contributed by atoms with Crippen molar-refractivity contribution in [1.29, 1.82) is 0 Å². The second-order valence-corrected chi connectivity index (χ2v) is 5.66. The molecular formula is C16H33NO2. The van der Waals surface area contributed by atoms with E-state index in [1.54, 1.807) is 0 Å². The topological polar surface area (TPSA) is 63.3 Å². The maximum absolute atomic E-state index is 10.4. The summed E-state index contributed by atoms with van der Waals surface area (Å²) in [5.41, 5.74) is 6.02. The highest BCUT2D eigenvalue weighted by Gasteiger charge is 2.03. The molecule has 0 rings (SSSR count). The number of hydrogen-bond donors (Lipinski definition) is 2. The maximum atomic E-state index is 10.4. The molecule has 3 N–H and O–H groups in total. The Hall–Kier alpha value is -0.570. The first-order valence-corrected chi connectivity index (χ1v) is 8.14. The fraction of sp³-hybridized carbons (Fsp3) is 0.938. The Morgan fingerprint density at radius 3 is 1.89 bits per heavy atom. The first-order chi connectivity index (χ1) is 9.16. The van der Waals surface area contributed by atoms with Crippen LogP contribution in [0, 0.1) is 0 Å². The molecule has 0 fully saturated rings. The van der Waals surface area contributed by atoms with Gasteiger partial charge in [0.2, 0.25) is 0 Å². The van der Waals surface area contributed by atoms with Crippen LogP contribution in [0.5, 0.6) is 0 Å². The summed E-state index contributed by atoms with van der Waals surface area (Å²) >= 11 is 0. The number of carboxylic acids is 1. The zero-order valence-electron chi connectivity index (χ0n) is 12.7. The molecule has 0 amide bonds. The minimum absolute atomic E-state index is 0.272. The highest BCUT2D eigenvalue weighted by Crippen LogP contribution is 2.12. The molecule has 0 heterocycles. The van der Waals surface area contributed by atoms with Crippen LogP contribution in [0.15, 0.2) is 0 Å². The quantitative estimate of drug-likeness (QED) is 0.457. The van der Waals surface area contributed by atoms with Gasteiger partial charge in [0.25, 0.3) is 0 Å². The second-order valence-electron chi connectivity index (χ2n) is 5.66. The molecule has 3 heteroatoms. The summed E-state index contributed by atoms with van der Waals surface area (Å²) < 4.78 is 0. The van der Waals surface area contributed by atoms with E-state index < -0.39 is 5.97 Å². The van der Waals surface area contributed by atoms with E-state index >= 15 is 0 Å². The molecule has 0 radical (unpaired) electrons. The van der Waals surface area contributed by atoms with Gasteiger partial charge in [-0.2, -0.15) is 0 Å². The van der Waals surface area contributed by atoms with Crippen LogP contribution in [0.4, 0.5) is 0 Å². The summed E-state index contributed by atoms with van der Waals surface area (Å²) in [5.74, 6) is -0.698. The highest BCUT2D eigenvalue weighted by atomic mass is 16.4. The molecule has 0 aromatic rings. The highest BCUT2D eigenvalue weighted by molar-refractivity contribution is 5.66. The summed E-state index contributed by atoms with van der Waals surface area (Å²) in [7, 11) is 0. The van der Waals surface area contributed by atoms with Crippen LogP contribution in [0.2, 0.25) is 0 Å². The fourth-order valence-corrected chi connectivity index (χ4v) is 2.37. The van der Waals surface area contributed by atoms with Gasteiger partial charge in [-0.15, -0.1) is 0 Å². The molecule has 0 bridgehead atoms. The Morgan fingerprint density at radius 1 is 0.895 bits per heavy atom. The van der Waals surface area contributed by atoms with Crippen molar-refractivity contribution in [2.24, 2.45) is 5.73 Å². The smallest absolute Gasteiger partial charge is 0.303 e. The predicted molar refractivity (Wildman–Crippen MR) is 81.3 cm³/mol. The lowest BCUT2D eigenvalue weighted by Crippen LogP contribution is -2.19. The van der Waals surface area contributed by atoms with Crippen LogP contribution < -0.4 is 5.73 Å². The molecule has 0 aromatic heterocycles. The minimum atomic E-state index is -0.698. The minimum Gasteiger partial charge on any atom is -0.481 e. The number of hydrogen-bond acceptors (Lipinski definition) is 2. The third-order valence-electron chi connectivity index (χ3n) is 3.64. The summed E-state index contributed by atoms with van der Waals surface area (Å²) in [6.07, 6.45) is 14.8. The van der Waals surface area contributed by atoms with Gasteiger partial charge in [-0.3, -0.25) is 4.79 Å². The normalized spacial score (nSPS) is 12.5. The third-order valence-corrected chi connectivity index (χ3v) is 3.64. The van der Waals surface area contributed by atoms with Crippen LogP contribution in [-0.2, 0) is 4.79 Å². The van der Waals surface area contributed by atoms with E-state index in [0.717, 1.165) is 25.7 Å². The Morgan fingerprint density at radius 2 is 1.37 bits per heavy atom. The summed E-state index contributed by atoms with van der Waals surface area (Å²) in [6, 6.07) is 0.272. The largest absolute Gasteiger partial charge is 0.481 e. The van der Waals surface area contributed by atoms with Gasteiger partial charge < -0.3 is 10.8 Å². The molecule has 0 spiro atoms. The molecule has 1 atom stereocenters. The van der Waals surface area contributed by atoms with Crippen LogP contribution in [0.1, 0.15) is 90.4 Å². The van der Waals surface area contributed by atoms with Gasteiger partial charge in [-0.25, -0.2) is 0 Å². The van der Waals surface area contributed by atoms with Crippen LogP contribution in [0.3, 0.4) is 0 Å². The van der Waals surface area contributed by atoms with Crippen molar-refractivity contribution in [1.82, 2.24) is 0 Å². The van der Waals surface area contributed by atoms with Gasteiger partial charge in [0, 0.05) is 12.5 Å². The van der Waals surface area contributed by atoms with Gasteiger partial charge in [-0.1, -0.05) is 64.7 Å². The first-order valence-electron chi connectivity index (χ1n) is 8.14. The average molecular weight is 271 g/mol. The zero-order valence-corrected chi connectivity index (χ0v) is 12.7. The number of nitrogens with two attached hydrogens (primary N) is 1. The molecule has 114 valence electrons. The van der Waals surface area contributed by atoms with E-state index in [-0.39, 0.29) is 12.5 Å².